The van der Waals surface area contributed by atoms with E-state index in [0.717, 1.165) is 17.7 Å². The first-order chi connectivity index (χ1) is 15.6. The van der Waals surface area contributed by atoms with Crippen LogP contribution in [0.1, 0.15) is 31.2 Å². The van der Waals surface area contributed by atoms with Gasteiger partial charge in [-0.25, -0.2) is 13.2 Å². The average Bonchev–Trinajstić information content (AvgIpc) is 3.31. The monoisotopic (exact) mass is 490 g/mol. The molecule has 2 aromatic carbocycles. The Morgan fingerprint density at radius 3 is 2.55 bits per heavy atom. The largest absolute Gasteiger partial charge is 0.325 e. The quantitative estimate of drug-likeness (QED) is 0.536. The van der Waals surface area contributed by atoms with E-state index in [2.05, 4.69) is 15.4 Å². The second kappa shape index (κ2) is 8.68. The summed E-state index contributed by atoms with van der Waals surface area (Å²) < 4.78 is 28.3. The Bertz CT molecular complexity index is 1240. The van der Waals surface area contributed by atoms with Gasteiger partial charge in [-0.2, -0.15) is 0 Å². The molecule has 0 unspecified atom stereocenters. The molecule has 2 aliphatic rings. The Balaban J connectivity index is 1.49. The molecular weight excluding hydrogens is 468 g/mol. The minimum Gasteiger partial charge on any atom is -0.324 e. The van der Waals surface area contributed by atoms with Crippen LogP contribution in [0, 0.1) is 6.92 Å². The highest BCUT2D eigenvalue weighted by atomic mass is 35.5. The standard InChI is InChI=1S/C22H23ClN4O5S/c1-14-8-9-15(12-18(14)33(31,32)26-17-7-3-2-6-16(17)23)24-19(28)13-27-20(29)22(25-21(27)30)10-4-5-11-22/h2-3,6-9,12,26H,4-5,10-11,13H2,1H3,(H,24,28)(H,25,30). The summed E-state index contributed by atoms with van der Waals surface area (Å²) in [5.74, 6) is -1.00. The molecule has 11 heteroatoms. The van der Waals surface area contributed by atoms with E-state index in [1.54, 1.807) is 37.3 Å². The Labute approximate surface area is 196 Å². The van der Waals surface area contributed by atoms with Crippen LogP contribution in [0.2, 0.25) is 5.02 Å². The maximum Gasteiger partial charge on any atom is 0.325 e. The van der Waals surface area contributed by atoms with Crippen molar-refractivity contribution < 1.29 is 22.8 Å². The van der Waals surface area contributed by atoms with Crippen LogP contribution < -0.4 is 15.4 Å². The molecule has 0 bridgehead atoms. The highest BCUT2D eigenvalue weighted by Crippen LogP contribution is 2.35. The Kier molecular flexibility index (Phi) is 6.06. The Morgan fingerprint density at radius 2 is 1.85 bits per heavy atom. The summed E-state index contributed by atoms with van der Waals surface area (Å²) >= 11 is 6.06. The lowest BCUT2D eigenvalue weighted by Gasteiger charge is -2.20. The van der Waals surface area contributed by atoms with E-state index in [-0.39, 0.29) is 21.3 Å². The summed E-state index contributed by atoms with van der Waals surface area (Å²) in [6.45, 7) is 1.17. The van der Waals surface area contributed by atoms with Gasteiger partial charge < -0.3 is 10.6 Å². The van der Waals surface area contributed by atoms with E-state index in [1.807, 2.05) is 0 Å². The van der Waals surface area contributed by atoms with Gasteiger partial charge in [0.15, 0.2) is 0 Å². The van der Waals surface area contributed by atoms with E-state index in [9.17, 15) is 22.8 Å². The molecule has 0 atom stereocenters. The summed E-state index contributed by atoms with van der Waals surface area (Å²) in [6, 6.07) is 10.3. The van der Waals surface area contributed by atoms with Crippen LogP contribution in [0.15, 0.2) is 47.4 Å². The van der Waals surface area contributed by atoms with Crippen molar-refractivity contribution in [2.75, 3.05) is 16.6 Å². The number of urea groups is 1. The van der Waals surface area contributed by atoms with Gasteiger partial charge in [-0.05, 0) is 49.6 Å². The van der Waals surface area contributed by atoms with Crippen molar-refractivity contribution in [3.05, 3.63) is 53.1 Å². The van der Waals surface area contributed by atoms with E-state index < -0.39 is 40.0 Å². The van der Waals surface area contributed by atoms with Gasteiger partial charge in [0.25, 0.3) is 15.9 Å². The van der Waals surface area contributed by atoms with Crippen molar-refractivity contribution in [1.82, 2.24) is 10.2 Å². The predicted molar refractivity (Wildman–Crippen MR) is 124 cm³/mol. The van der Waals surface area contributed by atoms with Crippen LogP contribution in [0.4, 0.5) is 16.2 Å². The van der Waals surface area contributed by atoms with Crippen molar-refractivity contribution in [2.45, 2.75) is 43.0 Å². The SMILES string of the molecule is Cc1ccc(NC(=O)CN2C(=O)NC3(CCCC3)C2=O)cc1S(=O)(=O)Nc1ccccc1Cl. The number of carbonyl (C=O) groups excluding carboxylic acids is 3. The summed E-state index contributed by atoms with van der Waals surface area (Å²) in [5, 5.41) is 5.54. The number of para-hydroxylation sites is 1. The summed E-state index contributed by atoms with van der Waals surface area (Å²) in [6.07, 6.45) is 2.81. The zero-order valence-electron chi connectivity index (χ0n) is 17.9. The Hall–Kier alpha value is -3.11. The van der Waals surface area contributed by atoms with Crippen molar-refractivity contribution in [3.8, 4) is 0 Å². The molecule has 4 amide bonds. The number of halogens is 1. The molecule has 1 saturated heterocycles. The molecule has 3 N–H and O–H groups in total. The molecule has 2 fully saturated rings. The number of imide groups is 1. The molecule has 9 nitrogen and oxygen atoms in total. The van der Waals surface area contributed by atoms with Crippen LogP contribution in [-0.4, -0.2) is 43.2 Å². The van der Waals surface area contributed by atoms with Crippen LogP contribution in [0.5, 0.6) is 0 Å². The summed E-state index contributed by atoms with van der Waals surface area (Å²) in [7, 11) is -3.99. The van der Waals surface area contributed by atoms with Gasteiger partial charge in [-0.15, -0.1) is 0 Å². The van der Waals surface area contributed by atoms with E-state index >= 15 is 0 Å². The molecule has 1 aliphatic heterocycles. The molecule has 174 valence electrons. The smallest absolute Gasteiger partial charge is 0.324 e. The molecule has 0 radical (unpaired) electrons. The van der Waals surface area contributed by atoms with Gasteiger partial charge in [0.2, 0.25) is 5.91 Å². The fourth-order valence-corrected chi connectivity index (χ4v) is 5.78. The Morgan fingerprint density at radius 1 is 1.15 bits per heavy atom. The number of hydrogen-bond acceptors (Lipinski definition) is 5. The molecule has 1 aliphatic carbocycles. The van der Waals surface area contributed by atoms with Crippen molar-refractivity contribution in [1.29, 1.82) is 0 Å². The van der Waals surface area contributed by atoms with Crippen molar-refractivity contribution in [2.24, 2.45) is 0 Å². The predicted octanol–water partition coefficient (Wildman–Crippen LogP) is 3.25. The third-order valence-corrected chi connectivity index (χ3v) is 7.72. The summed E-state index contributed by atoms with van der Waals surface area (Å²) in [5.41, 5.74) is 0.0114. The number of aryl methyl sites for hydroxylation is 1. The van der Waals surface area contributed by atoms with Crippen molar-refractivity contribution in [3.63, 3.8) is 0 Å². The fourth-order valence-electron chi connectivity index (χ4n) is 4.19. The lowest BCUT2D eigenvalue weighted by Crippen LogP contribution is -2.44. The number of hydrogen-bond donors (Lipinski definition) is 3. The van der Waals surface area contributed by atoms with Crippen LogP contribution in [0.25, 0.3) is 0 Å². The number of nitrogens with zero attached hydrogens (tertiary/aromatic N) is 1. The zero-order valence-corrected chi connectivity index (χ0v) is 19.4. The topological polar surface area (TPSA) is 125 Å². The first-order valence-corrected chi connectivity index (χ1v) is 12.3. The van der Waals surface area contributed by atoms with E-state index in [0.29, 0.717) is 18.4 Å². The molecule has 4 rings (SSSR count). The fraction of sp³-hybridized carbons (Fsp3) is 0.318. The third-order valence-electron chi connectivity index (χ3n) is 5.88. The third kappa shape index (κ3) is 4.53. The van der Waals surface area contributed by atoms with Crippen LogP contribution in [0.3, 0.4) is 0 Å². The molecule has 0 aromatic heterocycles. The highest BCUT2D eigenvalue weighted by molar-refractivity contribution is 7.92. The van der Waals surface area contributed by atoms with Gasteiger partial charge in [0.1, 0.15) is 12.1 Å². The van der Waals surface area contributed by atoms with E-state index in [1.165, 1.54) is 12.1 Å². The van der Waals surface area contributed by atoms with Gasteiger partial charge >= 0.3 is 6.03 Å². The lowest BCUT2D eigenvalue weighted by molar-refractivity contribution is -0.133. The minimum absolute atomic E-state index is 0.0416. The molecule has 1 spiro atoms. The second-order valence-corrected chi connectivity index (χ2v) is 10.3. The maximum atomic E-state index is 12.9. The van der Waals surface area contributed by atoms with Gasteiger partial charge in [0, 0.05) is 5.69 Å². The van der Waals surface area contributed by atoms with Gasteiger partial charge in [0.05, 0.1) is 15.6 Å². The maximum absolute atomic E-state index is 12.9. The van der Waals surface area contributed by atoms with E-state index in [4.69, 9.17) is 11.6 Å². The first kappa shape index (κ1) is 23.1. The first-order valence-electron chi connectivity index (χ1n) is 10.4. The molecular formula is C22H23ClN4O5S. The number of benzene rings is 2. The number of amides is 4. The number of nitrogens with one attached hydrogen (secondary N) is 3. The second-order valence-electron chi connectivity index (χ2n) is 8.22. The molecule has 2 aromatic rings. The number of rotatable bonds is 6. The number of sulfonamides is 1. The highest BCUT2D eigenvalue weighted by Gasteiger charge is 2.52. The molecule has 1 saturated carbocycles. The normalized spacial score (nSPS) is 17.3. The molecule has 1 heterocycles. The molecule has 33 heavy (non-hydrogen) atoms. The van der Waals surface area contributed by atoms with Crippen molar-refractivity contribution >= 4 is 50.8 Å². The summed E-state index contributed by atoms with van der Waals surface area (Å²) in [4.78, 5) is 38.4. The number of carbonyl (C=O) groups is 3. The average molecular weight is 491 g/mol. The van der Waals surface area contributed by atoms with Crippen LogP contribution in [-0.2, 0) is 19.6 Å². The lowest BCUT2D eigenvalue weighted by atomic mass is 9.98. The number of anilines is 2. The van der Waals surface area contributed by atoms with Gasteiger partial charge in [-0.3, -0.25) is 19.2 Å². The minimum atomic E-state index is -3.99. The van der Waals surface area contributed by atoms with Crippen LogP contribution >= 0.6 is 11.6 Å². The van der Waals surface area contributed by atoms with Gasteiger partial charge in [-0.1, -0.05) is 42.6 Å². The zero-order chi connectivity index (χ0) is 23.8.